The maximum absolute atomic E-state index is 6.18. The number of rotatable bonds is 4. The van der Waals surface area contributed by atoms with Gasteiger partial charge in [0.25, 0.3) is 0 Å². The molecule has 0 fully saturated rings. The van der Waals surface area contributed by atoms with Gasteiger partial charge in [-0.05, 0) is 106 Å². The number of furan rings is 2. The maximum Gasteiger partial charge on any atom is 0.237 e. The molecular weight excluding hydrogens is 629 g/mol. The number of hydrogen-bond acceptors (Lipinski definition) is 5. The Morgan fingerprint density at radius 3 is 1.39 bits per heavy atom. The molecule has 0 aliphatic rings. The number of benzene rings is 7. The third kappa shape index (κ3) is 4.33. The zero-order valence-corrected chi connectivity index (χ0v) is 27.1. The van der Waals surface area contributed by atoms with Crippen LogP contribution in [0.25, 0.3) is 105 Å². The molecule has 0 saturated heterocycles. The van der Waals surface area contributed by atoms with Crippen LogP contribution in [0.4, 0.5) is 0 Å². The fourth-order valence-corrected chi connectivity index (χ4v) is 7.66. The van der Waals surface area contributed by atoms with E-state index in [1.807, 2.05) is 24.3 Å². The maximum atomic E-state index is 6.18. The topological polar surface area (TPSA) is 69.9 Å². The summed E-state index contributed by atoms with van der Waals surface area (Å²) in [5.74, 6) is 0.595. The molecule has 11 rings (SSSR count). The molecule has 0 aliphatic heterocycles. The molecule has 7 aromatic carbocycles. The van der Waals surface area contributed by atoms with E-state index in [-0.39, 0.29) is 0 Å². The second-order valence-electron chi connectivity index (χ2n) is 12.9. The molecule has 0 N–H and O–H groups in total. The van der Waals surface area contributed by atoms with Crippen LogP contribution in [0, 0.1) is 0 Å². The molecule has 0 aliphatic carbocycles. The van der Waals surface area contributed by atoms with E-state index in [2.05, 4.69) is 141 Å². The Balaban J connectivity index is 1.14. The van der Waals surface area contributed by atoms with E-state index in [0.717, 1.165) is 99.1 Å². The van der Waals surface area contributed by atoms with Crippen LogP contribution >= 0.6 is 0 Å². The first-order valence-electron chi connectivity index (χ1n) is 16.9. The Morgan fingerprint density at radius 2 is 0.804 bits per heavy atom. The highest BCUT2D eigenvalue weighted by molar-refractivity contribution is 6.11. The van der Waals surface area contributed by atoms with E-state index in [4.69, 9.17) is 8.83 Å². The lowest BCUT2D eigenvalue weighted by Crippen LogP contribution is -2.00. The van der Waals surface area contributed by atoms with Gasteiger partial charge in [-0.2, -0.15) is 0 Å². The van der Waals surface area contributed by atoms with Crippen molar-refractivity contribution in [1.29, 1.82) is 0 Å². The van der Waals surface area contributed by atoms with E-state index in [0.29, 0.717) is 5.95 Å². The van der Waals surface area contributed by atoms with Crippen LogP contribution in [-0.4, -0.2) is 19.5 Å². The molecule has 0 saturated carbocycles. The summed E-state index contributed by atoms with van der Waals surface area (Å²) in [5, 5.41) is 6.71. The average Bonchev–Trinajstić information content (AvgIpc) is 3.87. The van der Waals surface area contributed by atoms with Gasteiger partial charge in [0.05, 0.1) is 11.0 Å². The van der Waals surface area contributed by atoms with Crippen molar-refractivity contribution in [2.75, 3.05) is 0 Å². The molecule has 4 heterocycles. The second kappa shape index (κ2) is 10.7. The standard InChI is InChI=1S/C45H26N4O2/c1-4-10-39-33(7-1)36-22-27(13-16-40(36)49(39)45-47-25-46-26-48-45)30-19-31(28-14-17-43-37(23-28)34-8-2-5-11-41(34)50-43)21-32(20-30)29-15-18-44-38(24-29)35-9-3-6-12-42(35)51-44/h1-26H. The van der Waals surface area contributed by atoms with Gasteiger partial charge in [-0.1, -0.05) is 72.8 Å². The molecule has 6 nitrogen and oxygen atoms in total. The number of hydrogen-bond donors (Lipinski definition) is 0. The normalized spacial score (nSPS) is 11.9. The van der Waals surface area contributed by atoms with Gasteiger partial charge in [0.2, 0.25) is 5.95 Å². The highest BCUT2D eigenvalue weighted by Gasteiger charge is 2.17. The van der Waals surface area contributed by atoms with Crippen LogP contribution in [0.15, 0.2) is 167 Å². The van der Waals surface area contributed by atoms with Crippen molar-refractivity contribution in [3.05, 3.63) is 158 Å². The SMILES string of the molecule is c1ccc2c(c1)oc1ccc(-c3cc(-c4ccc5oc6ccccc6c5c4)cc(-c4ccc5c(c4)c4ccccc4n5-c4ncncn4)c3)cc12. The number of para-hydroxylation sites is 3. The van der Waals surface area contributed by atoms with Gasteiger partial charge in [0.1, 0.15) is 35.0 Å². The lowest BCUT2D eigenvalue weighted by Gasteiger charge is -2.12. The summed E-state index contributed by atoms with van der Waals surface area (Å²) < 4.78 is 14.5. The minimum absolute atomic E-state index is 0.595. The molecule has 0 atom stereocenters. The number of aromatic nitrogens is 4. The first-order chi connectivity index (χ1) is 25.2. The van der Waals surface area contributed by atoms with Crippen molar-refractivity contribution in [2.45, 2.75) is 0 Å². The zero-order valence-electron chi connectivity index (χ0n) is 27.1. The van der Waals surface area contributed by atoms with E-state index >= 15 is 0 Å². The summed E-state index contributed by atoms with van der Waals surface area (Å²) in [6.45, 7) is 0. The van der Waals surface area contributed by atoms with Gasteiger partial charge in [0.15, 0.2) is 0 Å². The van der Waals surface area contributed by atoms with E-state index < -0.39 is 0 Å². The first kappa shape index (κ1) is 27.9. The van der Waals surface area contributed by atoms with E-state index in [9.17, 15) is 0 Å². The summed E-state index contributed by atoms with van der Waals surface area (Å²) in [5.41, 5.74) is 12.4. The van der Waals surface area contributed by atoms with Crippen LogP contribution in [-0.2, 0) is 0 Å². The summed E-state index contributed by atoms with van der Waals surface area (Å²) in [7, 11) is 0. The fraction of sp³-hybridized carbons (Fsp3) is 0. The molecule has 6 heteroatoms. The Hall–Kier alpha value is -7.05. The highest BCUT2D eigenvalue weighted by Crippen LogP contribution is 2.40. The molecular formula is C45H26N4O2. The number of fused-ring (bicyclic) bond motifs is 9. The lowest BCUT2D eigenvalue weighted by molar-refractivity contribution is 0.668. The van der Waals surface area contributed by atoms with Crippen LogP contribution in [0.1, 0.15) is 0 Å². The summed E-state index contributed by atoms with van der Waals surface area (Å²) in [6.07, 6.45) is 3.08. The van der Waals surface area contributed by atoms with Crippen molar-refractivity contribution in [3.63, 3.8) is 0 Å². The molecule has 238 valence electrons. The summed E-state index contributed by atoms with van der Waals surface area (Å²) in [4.78, 5) is 13.0. The molecule has 0 spiro atoms. The predicted octanol–water partition coefficient (Wildman–Crippen LogP) is 11.8. The predicted molar refractivity (Wildman–Crippen MR) is 205 cm³/mol. The third-order valence-electron chi connectivity index (χ3n) is 10.0. The third-order valence-corrected chi connectivity index (χ3v) is 10.0. The molecule has 0 unspecified atom stereocenters. The van der Waals surface area contributed by atoms with E-state index in [1.54, 1.807) is 0 Å². The molecule has 11 aromatic rings. The zero-order chi connectivity index (χ0) is 33.5. The molecule has 51 heavy (non-hydrogen) atoms. The van der Waals surface area contributed by atoms with Crippen LogP contribution in [0.5, 0.6) is 0 Å². The van der Waals surface area contributed by atoms with Gasteiger partial charge in [-0.15, -0.1) is 0 Å². The van der Waals surface area contributed by atoms with E-state index in [1.165, 1.54) is 12.7 Å². The second-order valence-corrected chi connectivity index (χ2v) is 12.9. The van der Waals surface area contributed by atoms with Crippen molar-refractivity contribution >= 4 is 65.7 Å². The quantitative estimate of drug-likeness (QED) is 0.189. The van der Waals surface area contributed by atoms with Gasteiger partial charge in [-0.25, -0.2) is 15.0 Å². The Bertz CT molecular complexity index is 3020. The summed E-state index contributed by atoms with van der Waals surface area (Å²) >= 11 is 0. The van der Waals surface area contributed by atoms with Crippen molar-refractivity contribution < 1.29 is 8.83 Å². The van der Waals surface area contributed by atoms with Gasteiger partial charge in [-0.3, -0.25) is 4.57 Å². The monoisotopic (exact) mass is 654 g/mol. The first-order valence-corrected chi connectivity index (χ1v) is 16.9. The minimum Gasteiger partial charge on any atom is -0.456 e. The summed E-state index contributed by atoms with van der Waals surface area (Å²) in [6, 6.07) is 51.4. The van der Waals surface area contributed by atoms with Crippen LogP contribution in [0.2, 0.25) is 0 Å². The average molecular weight is 655 g/mol. The molecule has 4 aromatic heterocycles. The Morgan fingerprint density at radius 1 is 0.353 bits per heavy atom. The Labute approximate surface area is 290 Å². The molecule has 0 amide bonds. The van der Waals surface area contributed by atoms with Gasteiger partial charge in [0, 0.05) is 32.3 Å². The van der Waals surface area contributed by atoms with Crippen molar-refractivity contribution in [1.82, 2.24) is 19.5 Å². The molecule has 0 radical (unpaired) electrons. The van der Waals surface area contributed by atoms with Crippen LogP contribution in [0.3, 0.4) is 0 Å². The lowest BCUT2D eigenvalue weighted by atomic mass is 9.92. The Kier molecular flexibility index (Phi) is 5.86. The number of nitrogens with zero attached hydrogens (tertiary/aromatic N) is 4. The molecule has 0 bridgehead atoms. The van der Waals surface area contributed by atoms with Crippen LogP contribution < -0.4 is 0 Å². The minimum atomic E-state index is 0.595. The fourth-order valence-electron chi connectivity index (χ4n) is 7.66. The van der Waals surface area contributed by atoms with Crippen molar-refractivity contribution in [2.24, 2.45) is 0 Å². The van der Waals surface area contributed by atoms with Gasteiger partial charge < -0.3 is 8.83 Å². The smallest absolute Gasteiger partial charge is 0.237 e. The van der Waals surface area contributed by atoms with Gasteiger partial charge >= 0.3 is 0 Å². The largest absolute Gasteiger partial charge is 0.456 e. The van der Waals surface area contributed by atoms with Crippen molar-refractivity contribution in [3.8, 4) is 39.3 Å². The highest BCUT2D eigenvalue weighted by atomic mass is 16.3.